The van der Waals surface area contributed by atoms with Crippen LogP contribution in [0, 0.1) is 0 Å². The Morgan fingerprint density at radius 3 is 2.10 bits per heavy atom. The summed E-state index contributed by atoms with van der Waals surface area (Å²) in [6, 6.07) is 18.5. The summed E-state index contributed by atoms with van der Waals surface area (Å²) in [7, 11) is 0. The van der Waals surface area contributed by atoms with Crippen LogP contribution in [0.4, 0.5) is 0 Å². The predicted octanol–water partition coefficient (Wildman–Crippen LogP) is 4.45. The van der Waals surface area contributed by atoms with Gasteiger partial charge in [0.1, 0.15) is 4.75 Å². The van der Waals surface area contributed by atoms with Crippen LogP contribution >= 0.6 is 11.8 Å². The number of aliphatic carboxylic acids is 1. The zero-order valence-corrected chi connectivity index (χ0v) is 12.5. The van der Waals surface area contributed by atoms with Crippen LogP contribution in [0.1, 0.15) is 19.4 Å². The molecule has 2 aromatic carbocycles. The molecule has 0 amide bonds. The van der Waals surface area contributed by atoms with E-state index < -0.39 is 10.7 Å². The molecule has 104 valence electrons. The molecule has 0 fully saturated rings. The molecule has 0 bridgehead atoms. The van der Waals surface area contributed by atoms with E-state index in [1.54, 1.807) is 13.8 Å². The van der Waals surface area contributed by atoms with Crippen LogP contribution in [0.15, 0.2) is 54.6 Å². The molecule has 2 nitrogen and oxygen atoms in total. The molecule has 0 radical (unpaired) electrons. The van der Waals surface area contributed by atoms with E-state index >= 15 is 0 Å². The van der Waals surface area contributed by atoms with Gasteiger partial charge in [0, 0.05) is 5.75 Å². The largest absolute Gasteiger partial charge is 0.480 e. The third-order valence-electron chi connectivity index (χ3n) is 3.18. The Morgan fingerprint density at radius 1 is 1.00 bits per heavy atom. The molecule has 20 heavy (non-hydrogen) atoms. The Balaban J connectivity index is 2.04. The molecule has 1 N–H and O–H groups in total. The van der Waals surface area contributed by atoms with Crippen LogP contribution < -0.4 is 0 Å². The Hall–Kier alpha value is -1.74. The van der Waals surface area contributed by atoms with Gasteiger partial charge in [-0.1, -0.05) is 54.6 Å². The maximum atomic E-state index is 11.1. The molecule has 3 heteroatoms. The van der Waals surface area contributed by atoms with Crippen molar-refractivity contribution in [3.8, 4) is 11.1 Å². The van der Waals surface area contributed by atoms with E-state index in [-0.39, 0.29) is 0 Å². The number of hydrogen-bond acceptors (Lipinski definition) is 2. The van der Waals surface area contributed by atoms with Crippen molar-refractivity contribution in [3.05, 3.63) is 60.2 Å². The molecule has 0 aliphatic heterocycles. The number of rotatable bonds is 5. The lowest BCUT2D eigenvalue weighted by Gasteiger charge is -2.18. The fraction of sp³-hybridized carbons (Fsp3) is 0.235. The maximum Gasteiger partial charge on any atom is 0.319 e. The highest BCUT2D eigenvalue weighted by atomic mass is 32.2. The molecule has 0 saturated heterocycles. The smallest absolute Gasteiger partial charge is 0.319 e. The Bertz CT molecular complexity index is 574. The molecule has 0 saturated carbocycles. The molecule has 2 aromatic rings. The zero-order chi connectivity index (χ0) is 14.6. The summed E-state index contributed by atoms with van der Waals surface area (Å²) in [5.74, 6) is -0.0719. The third-order valence-corrected chi connectivity index (χ3v) is 4.55. The summed E-state index contributed by atoms with van der Waals surface area (Å²) in [6.07, 6.45) is 0. The van der Waals surface area contributed by atoms with E-state index in [1.165, 1.54) is 22.9 Å². The van der Waals surface area contributed by atoms with E-state index in [2.05, 4.69) is 36.4 Å². The van der Waals surface area contributed by atoms with Crippen molar-refractivity contribution >= 4 is 17.7 Å². The summed E-state index contributed by atoms with van der Waals surface area (Å²) < 4.78 is -0.752. The normalized spacial score (nSPS) is 11.3. The van der Waals surface area contributed by atoms with Gasteiger partial charge in [0.15, 0.2) is 0 Å². The Kier molecular flexibility index (Phi) is 4.50. The van der Waals surface area contributed by atoms with Crippen LogP contribution in [-0.2, 0) is 10.5 Å². The second kappa shape index (κ2) is 6.14. The molecule has 0 aliphatic carbocycles. The molecular weight excluding hydrogens is 268 g/mol. The number of carboxylic acids is 1. The predicted molar refractivity (Wildman–Crippen MR) is 84.9 cm³/mol. The van der Waals surface area contributed by atoms with E-state index in [9.17, 15) is 4.79 Å². The van der Waals surface area contributed by atoms with Gasteiger partial charge in [-0.05, 0) is 30.5 Å². The number of carboxylic acid groups (broad SMARTS) is 1. The van der Waals surface area contributed by atoms with Gasteiger partial charge in [0.2, 0.25) is 0 Å². The van der Waals surface area contributed by atoms with E-state index in [0.29, 0.717) is 5.75 Å². The summed E-state index contributed by atoms with van der Waals surface area (Å²) in [5, 5.41) is 9.09. The van der Waals surface area contributed by atoms with Crippen LogP contribution in [0.5, 0.6) is 0 Å². The summed E-state index contributed by atoms with van der Waals surface area (Å²) in [5.41, 5.74) is 3.51. The number of thioether (sulfide) groups is 1. The van der Waals surface area contributed by atoms with Crippen molar-refractivity contribution in [1.82, 2.24) is 0 Å². The van der Waals surface area contributed by atoms with Crippen LogP contribution in [0.3, 0.4) is 0 Å². The van der Waals surface area contributed by atoms with Crippen molar-refractivity contribution in [2.75, 3.05) is 0 Å². The topological polar surface area (TPSA) is 37.3 Å². The van der Waals surface area contributed by atoms with Gasteiger partial charge in [0.25, 0.3) is 0 Å². The molecular formula is C17H18O2S. The van der Waals surface area contributed by atoms with E-state index in [1.807, 2.05) is 18.2 Å². The highest BCUT2D eigenvalue weighted by Crippen LogP contribution is 2.29. The maximum absolute atomic E-state index is 11.1. The molecule has 0 aromatic heterocycles. The highest BCUT2D eigenvalue weighted by Gasteiger charge is 2.27. The number of benzene rings is 2. The molecule has 2 rings (SSSR count). The van der Waals surface area contributed by atoms with Crippen LogP contribution in [0.2, 0.25) is 0 Å². The SMILES string of the molecule is CC(C)(SCc1ccc(-c2ccccc2)cc1)C(=O)O. The van der Waals surface area contributed by atoms with Gasteiger partial charge in [0.05, 0.1) is 0 Å². The average Bonchev–Trinajstić information content (AvgIpc) is 2.46. The van der Waals surface area contributed by atoms with E-state index in [0.717, 1.165) is 5.56 Å². The van der Waals surface area contributed by atoms with Crippen molar-refractivity contribution in [3.63, 3.8) is 0 Å². The number of hydrogen-bond donors (Lipinski definition) is 1. The second-order valence-corrected chi connectivity index (χ2v) is 6.77. The minimum absolute atomic E-state index is 0.703. The van der Waals surface area contributed by atoms with Crippen LogP contribution in [0.25, 0.3) is 11.1 Å². The summed E-state index contributed by atoms with van der Waals surface area (Å²) in [6.45, 7) is 3.47. The third kappa shape index (κ3) is 3.64. The lowest BCUT2D eigenvalue weighted by atomic mass is 10.0. The van der Waals surface area contributed by atoms with Crippen molar-refractivity contribution in [2.45, 2.75) is 24.3 Å². The first-order valence-electron chi connectivity index (χ1n) is 6.51. The minimum Gasteiger partial charge on any atom is -0.480 e. The zero-order valence-electron chi connectivity index (χ0n) is 11.7. The molecule has 0 spiro atoms. The first-order chi connectivity index (χ1) is 9.49. The first-order valence-corrected chi connectivity index (χ1v) is 7.49. The van der Waals surface area contributed by atoms with Gasteiger partial charge in [-0.2, -0.15) is 0 Å². The average molecular weight is 286 g/mol. The molecule has 0 atom stereocenters. The fourth-order valence-electron chi connectivity index (χ4n) is 1.75. The molecule has 0 heterocycles. The van der Waals surface area contributed by atoms with Gasteiger partial charge < -0.3 is 5.11 Å². The Morgan fingerprint density at radius 2 is 1.55 bits per heavy atom. The quantitative estimate of drug-likeness (QED) is 0.882. The Labute approximate surface area is 123 Å². The van der Waals surface area contributed by atoms with Crippen LogP contribution in [-0.4, -0.2) is 15.8 Å². The monoisotopic (exact) mass is 286 g/mol. The fourth-order valence-corrected chi connectivity index (χ4v) is 2.59. The lowest BCUT2D eigenvalue weighted by Crippen LogP contribution is -2.27. The van der Waals surface area contributed by atoms with Crippen molar-refractivity contribution < 1.29 is 9.90 Å². The van der Waals surface area contributed by atoms with Gasteiger partial charge in [-0.25, -0.2) is 0 Å². The van der Waals surface area contributed by atoms with Gasteiger partial charge in [-0.3, -0.25) is 4.79 Å². The lowest BCUT2D eigenvalue weighted by molar-refractivity contribution is -0.138. The van der Waals surface area contributed by atoms with Crippen molar-refractivity contribution in [1.29, 1.82) is 0 Å². The van der Waals surface area contributed by atoms with E-state index in [4.69, 9.17) is 5.11 Å². The molecule has 0 aliphatic rings. The standard InChI is InChI=1S/C17H18O2S/c1-17(2,16(18)19)20-12-13-8-10-15(11-9-13)14-6-4-3-5-7-14/h3-11H,12H2,1-2H3,(H,18,19). The highest BCUT2D eigenvalue weighted by molar-refractivity contribution is 8.00. The second-order valence-electron chi connectivity index (χ2n) is 5.17. The van der Waals surface area contributed by atoms with Crippen molar-refractivity contribution in [2.24, 2.45) is 0 Å². The van der Waals surface area contributed by atoms with Gasteiger partial charge in [-0.15, -0.1) is 11.8 Å². The minimum atomic E-state index is -0.775. The molecule has 0 unspecified atom stereocenters. The van der Waals surface area contributed by atoms with Gasteiger partial charge >= 0.3 is 5.97 Å². The first kappa shape index (κ1) is 14.7. The summed E-state index contributed by atoms with van der Waals surface area (Å²) in [4.78, 5) is 11.1. The summed E-state index contributed by atoms with van der Waals surface area (Å²) >= 11 is 1.44. The number of carbonyl (C=O) groups is 1.